The largest absolute Gasteiger partial charge is 0.481 e. The lowest BCUT2D eigenvalue weighted by atomic mass is 10.2. The zero-order valence-corrected chi connectivity index (χ0v) is 11.4. The van der Waals surface area contributed by atoms with E-state index in [2.05, 4.69) is 5.32 Å². The van der Waals surface area contributed by atoms with E-state index in [1.165, 1.54) is 4.90 Å². The number of carboxylic acid groups (broad SMARTS) is 1. The summed E-state index contributed by atoms with van der Waals surface area (Å²) in [6, 6.07) is 1.67. The third-order valence-electron chi connectivity index (χ3n) is 2.65. The van der Waals surface area contributed by atoms with Gasteiger partial charge in [0.2, 0.25) is 0 Å². The molecule has 0 radical (unpaired) electrons. The smallest absolute Gasteiger partial charge is 0.317 e. The Morgan fingerprint density at radius 3 is 2.78 bits per heavy atom. The topological polar surface area (TPSA) is 69.6 Å². The van der Waals surface area contributed by atoms with E-state index in [1.54, 1.807) is 11.3 Å². The molecule has 1 unspecified atom stereocenters. The van der Waals surface area contributed by atoms with Gasteiger partial charge in [-0.15, -0.1) is 0 Å². The molecule has 0 saturated heterocycles. The van der Waals surface area contributed by atoms with Gasteiger partial charge >= 0.3 is 12.0 Å². The second kappa shape index (κ2) is 7.00. The van der Waals surface area contributed by atoms with Gasteiger partial charge in [-0.05, 0) is 36.2 Å². The molecule has 1 atom stereocenters. The molecule has 0 aliphatic carbocycles. The van der Waals surface area contributed by atoms with Crippen LogP contribution in [-0.2, 0) is 4.79 Å². The van der Waals surface area contributed by atoms with Crippen LogP contribution in [0.2, 0.25) is 0 Å². The van der Waals surface area contributed by atoms with Crippen LogP contribution in [0.4, 0.5) is 4.79 Å². The van der Waals surface area contributed by atoms with E-state index in [-0.39, 0.29) is 25.0 Å². The first-order valence-corrected chi connectivity index (χ1v) is 6.78. The lowest BCUT2D eigenvalue weighted by Crippen LogP contribution is -2.41. The van der Waals surface area contributed by atoms with Crippen molar-refractivity contribution in [3.63, 3.8) is 0 Å². The highest BCUT2D eigenvalue weighted by Gasteiger charge is 2.16. The highest BCUT2D eigenvalue weighted by Crippen LogP contribution is 2.15. The Bertz CT molecular complexity index is 392. The van der Waals surface area contributed by atoms with Crippen LogP contribution in [0, 0.1) is 0 Å². The fraction of sp³-hybridized carbons (Fsp3) is 0.500. The maximum Gasteiger partial charge on any atom is 0.317 e. The Kier molecular flexibility index (Phi) is 5.64. The second-order valence-corrected chi connectivity index (χ2v) is 4.73. The Labute approximate surface area is 110 Å². The quantitative estimate of drug-likeness (QED) is 0.833. The van der Waals surface area contributed by atoms with Gasteiger partial charge in [0.25, 0.3) is 0 Å². The van der Waals surface area contributed by atoms with Crippen molar-refractivity contribution in [2.75, 3.05) is 13.1 Å². The molecule has 100 valence electrons. The number of rotatable bonds is 6. The molecule has 1 aromatic rings. The molecule has 0 aromatic carbocycles. The van der Waals surface area contributed by atoms with Gasteiger partial charge in [0, 0.05) is 13.1 Å². The molecule has 6 heteroatoms. The summed E-state index contributed by atoms with van der Waals surface area (Å²) in [6.07, 6.45) is -0.0336. The third kappa shape index (κ3) is 4.37. The fourth-order valence-corrected chi connectivity index (χ4v) is 2.27. The average Bonchev–Trinajstić information content (AvgIpc) is 2.82. The van der Waals surface area contributed by atoms with Crippen molar-refractivity contribution < 1.29 is 14.7 Å². The number of hydrogen-bond acceptors (Lipinski definition) is 3. The first kappa shape index (κ1) is 14.5. The molecular weight excluding hydrogens is 252 g/mol. The van der Waals surface area contributed by atoms with Crippen molar-refractivity contribution >= 4 is 23.3 Å². The van der Waals surface area contributed by atoms with E-state index in [0.717, 1.165) is 5.56 Å². The minimum absolute atomic E-state index is 0.0336. The van der Waals surface area contributed by atoms with E-state index >= 15 is 0 Å². The van der Waals surface area contributed by atoms with Crippen molar-refractivity contribution in [1.82, 2.24) is 10.2 Å². The highest BCUT2D eigenvalue weighted by molar-refractivity contribution is 7.07. The van der Waals surface area contributed by atoms with E-state index in [0.29, 0.717) is 6.54 Å². The minimum atomic E-state index is -0.896. The zero-order chi connectivity index (χ0) is 13.5. The highest BCUT2D eigenvalue weighted by atomic mass is 32.1. The first-order chi connectivity index (χ1) is 8.54. The summed E-state index contributed by atoms with van der Waals surface area (Å²) in [5, 5.41) is 15.4. The Morgan fingerprint density at radius 1 is 1.56 bits per heavy atom. The molecule has 0 bridgehead atoms. The normalized spacial score (nSPS) is 11.9. The van der Waals surface area contributed by atoms with Gasteiger partial charge in [0.1, 0.15) is 0 Å². The number of nitrogens with zero attached hydrogens (tertiary/aromatic N) is 1. The summed E-state index contributed by atoms with van der Waals surface area (Å²) >= 11 is 1.58. The lowest BCUT2D eigenvalue weighted by Gasteiger charge is -2.23. The molecule has 2 N–H and O–H groups in total. The van der Waals surface area contributed by atoms with Gasteiger partial charge in [0.15, 0.2) is 0 Å². The molecule has 0 spiro atoms. The number of carbonyl (C=O) groups is 2. The minimum Gasteiger partial charge on any atom is -0.481 e. The fourth-order valence-electron chi connectivity index (χ4n) is 1.52. The molecule has 1 heterocycles. The zero-order valence-electron chi connectivity index (χ0n) is 10.5. The number of aliphatic carboxylic acids is 1. The first-order valence-electron chi connectivity index (χ1n) is 5.84. The Hall–Kier alpha value is -1.56. The van der Waals surface area contributed by atoms with Gasteiger partial charge in [-0.2, -0.15) is 11.3 Å². The summed E-state index contributed by atoms with van der Waals surface area (Å²) in [4.78, 5) is 23.9. The molecule has 1 aromatic heterocycles. The van der Waals surface area contributed by atoms with Gasteiger partial charge in [-0.1, -0.05) is 0 Å². The van der Waals surface area contributed by atoms with Crippen molar-refractivity contribution in [3.05, 3.63) is 22.4 Å². The van der Waals surface area contributed by atoms with Crippen LogP contribution in [0.1, 0.15) is 31.9 Å². The van der Waals surface area contributed by atoms with Crippen molar-refractivity contribution in [2.24, 2.45) is 0 Å². The third-order valence-corrected chi connectivity index (χ3v) is 3.35. The number of carboxylic acids is 1. The van der Waals surface area contributed by atoms with Gasteiger partial charge in [-0.25, -0.2) is 4.79 Å². The summed E-state index contributed by atoms with van der Waals surface area (Å²) in [6.45, 7) is 4.46. The van der Waals surface area contributed by atoms with E-state index in [4.69, 9.17) is 5.11 Å². The van der Waals surface area contributed by atoms with Crippen molar-refractivity contribution in [3.8, 4) is 0 Å². The standard InChI is InChI=1S/C12H18N2O3S/c1-3-14(6-4-11(15)16)12(17)13-9(2)10-5-7-18-8-10/h5,7-9H,3-4,6H2,1-2H3,(H,13,17)(H,15,16). The number of nitrogens with one attached hydrogen (secondary N) is 1. The van der Waals surface area contributed by atoms with Gasteiger partial charge in [0.05, 0.1) is 12.5 Å². The van der Waals surface area contributed by atoms with Crippen molar-refractivity contribution in [1.29, 1.82) is 0 Å². The van der Waals surface area contributed by atoms with Crippen LogP contribution in [0.15, 0.2) is 16.8 Å². The Morgan fingerprint density at radius 2 is 2.28 bits per heavy atom. The number of hydrogen-bond donors (Lipinski definition) is 2. The maximum atomic E-state index is 11.9. The predicted molar refractivity (Wildman–Crippen MR) is 70.8 cm³/mol. The van der Waals surface area contributed by atoms with E-state index in [9.17, 15) is 9.59 Å². The van der Waals surface area contributed by atoms with Crippen LogP contribution in [0.5, 0.6) is 0 Å². The lowest BCUT2D eigenvalue weighted by molar-refractivity contribution is -0.137. The monoisotopic (exact) mass is 270 g/mol. The molecule has 0 saturated carbocycles. The molecule has 0 aliphatic rings. The van der Waals surface area contributed by atoms with Crippen molar-refractivity contribution in [2.45, 2.75) is 26.3 Å². The molecule has 5 nitrogen and oxygen atoms in total. The predicted octanol–water partition coefficient (Wildman–Crippen LogP) is 2.32. The Balaban J connectivity index is 2.49. The van der Waals surface area contributed by atoms with Crippen LogP contribution < -0.4 is 5.32 Å². The van der Waals surface area contributed by atoms with Crippen LogP contribution in [0.3, 0.4) is 0 Å². The summed E-state index contributed by atoms with van der Waals surface area (Å²) in [7, 11) is 0. The molecule has 2 amide bonds. The summed E-state index contributed by atoms with van der Waals surface area (Å²) in [5.74, 6) is -0.896. The SMILES string of the molecule is CCN(CCC(=O)O)C(=O)NC(C)c1ccsc1. The molecule has 1 rings (SSSR count). The number of thiophene rings is 1. The molecule has 18 heavy (non-hydrogen) atoms. The summed E-state index contributed by atoms with van der Waals surface area (Å²) in [5.41, 5.74) is 1.06. The van der Waals surface area contributed by atoms with Crippen LogP contribution in [0.25, 0.3) is 0 Å². The summed E-state index contributed by atoms with van der Waals surface area (Å²) < 4.78 is 0. The van der Waals surface area contributed by atoms with Crippen LogP contribution >= 0.6 is 11.3 Å². The number of urea groups is 1. The second-order valence-electron chi connectivity index (χ2n) is 3.95. The van der Waals surface area contributed by atoms with Gasteiger partial charge in [-0.3, -0.25) is 4.79 Å². The molecule has 0 aliphatic heterocycles. The average molecular weight is 270 g/mol. The maximum absolute atomic E-state index is 11.9. The van der Waals surface area contributed by atoms with E-state index < -0.39 is 5.97 Å². The number of amides is 2. The number of carbonyl (C=O) groups excluding carboxylic acids is 1. The molecule has 0 fully saturated rings. The van der Waals surface area contributed by atoms with Gasteiger partial charge < -0.3 is 15.3 Å². The van der Waals surface area contributed by atoms with E-state index in [1.807, 2.05) is 30.7 Å². The molecular formula is C12H18N2O3S. The van der Waals surface area contributed by atoms with Crippen LogP contribution in [-0.4, -0.2) is 35.1 Å².